The van der Waals surface area contributed by atoms with Crippen LogP contribution in [0.2, 0.25) is 0 Å². The molecule has 1 aromatic rings. The van der Waals surface area contributed by atoms with E-state index in [1.165, 1.54) is 30.4 Å². The zero-order chi connectivity index (χ0) is 11.5. The van der Waals surface area contributed by atoms with Gasteiger partial charge in [-0.25, -0.2) is 0 Å². The Morgan fingerprint density at radius 3 is 2.38 bits per heavy atom. The second-order valence-corrected chi connectivity index (χ2v) is 5.87. The minimum Gasteiger partial charge on any atom is -0.123 e. The minimum atomic E-state index is 0.407. The van der Waals surface area contributed by atoms with E-state index in [9.17, 15) is 0 Å². The lowest BCUT2D eigenvalue weighted by atomic mass is 9.95. The van der Waals surface area contributed by atoms with E-state index in [-0.39, 0.29) is 0 Å². The molecule has 0 nitrogen and oxygen atoms in total. The molecule has 1 saturated carbocycles. The standard InChI is InChI=1S/C15H21Cl/c1-11(2)13-8-6-12(7-9-13)10-14-4-3-5-15(14)16/h6-9,11,14-15H,3-5,10H2,1-2H3. The van der Waals surface area contributed by atoms with Gasteiger partial charge in [0.1, 0.15) is 0 Å². The van der Waals surface area contributed by atoms with Gasteiger partial charge in [0, 0.05) is 5.38 Å². The first kappa shape index (κ1) is 12.0. The molecule has 0 aromatic heterocycles. The van der Waals surface area contributed by atoms with Gasteiger partial charge in [-0.1, -0.05) is 44.5 Å². The molecule has 0 radical (unpaired) electrons. The Morgan fingerprint density at radius 2 is 1.88 bits per heavy atom. The van der Waals surface area contributed by atoms with E-state index < -0.39 is 0 Å². The third kappa shape index (κ3) is 2.79. The van der Waals surface area contributed by atoms with Gasteiger partial charge in [0.2, 0.25) is 0 Å². The van der Waals surface area contributed by atoms with Gasteiger partial charge in [-0.3, -0.25) is 0 Å². The molecular formula is C15H21Cl. The van der Waals surface area contributed by atoms with Crippen LogP contribution < -0.4 is 0 Å². The maximum atomic E-state index is 6.31. The van der Waals surface area contributed by atoms with E-state index in [1.807, 2.05) is 0 Å². The van der Waals surface area contributed by atoms with E-state index in [4.69, 9.17) is 11.6 Å². The van der Waals surface area contributed by atoms with E-state index in [1.54, 1.807) is 0 Å². The molecule has 1 fully saturated rings. The molecule has 2 rings (SSSR count). The summed E-state index contributed by atoms with van der Waals surface area (Å²) in [7, 11) is 0. The van der Waals surface area contributed by atoms with Crippen molar-refractivity contribution in [1.82, 2.24) is 0 Å². The van der Waals surface area contributed by atoms with E-state index in [0.717, 1.165) is 6.42 Å². The van der Waals surface area contributed by atoms with Crippen LogP contribution in [0, 0.1) is 5.92 Å². The Labute approximate surface area is 104 Å². The van der Waals surface area contributed by atoms with Crippen molar-refractivity contribution in [2.24, 2.45) is 5.92 Å². The first-order valence-corrected chi connectivity index (χ1v) is 6.83. The Bertz CT molecular complexity index is 326. The van der Waals surface area contributed by atoms with Crippen molar-refractivity contribution in [3.05, 3.63) is 35.4 Å². The molecule has 2 unspecified atom stereocenters. The van der Waals surface area contributed by atoms with Crippen molar-refractivity contribution in [1.29, 1.82) is 0 Å². The Kier molecular flexibility index (Phi) is 3.91. The topological polar surface area (TPSA) is 0 Å². The summed E-state index contributed by atoms with van der Waals surface area (Å²) in [6.07, 6.45) is 4.98. The number of hydrogen-bond acceptors (Lipinski definition) is 0. The highest BCUT2D eigenvalue weighted by Gasteiger charge is 2.25. The molecule has 16 heavy (non-hydrogen) atoms. The van der Waals surface area contributed by atoms with E-state index in [0.29, 0.717) is 17.2 Å². The zero-order valence-electron chi connectivity index (χ0n) is 10.2. The van der Waals surface area contributed by atoms with Gasteiger partial charge in [0.25, 0.3) is 0 Å². The Morgan fingerprint density at radius 1 is 1.19 bits per heavy atom. The second-order valence-electron chi connectivity index (χ2n) is 5.31. The average Bonchev–Trinajstić information content (AvgIpc) is 2.65. The fraction of sp³-hybridized carbons (Fsp3) is 0.600. The lowest BCUT2D eigenvalue weighted by molar-refractivity contribution is 0.552. The summed E-state index contributed by atoms with van der Waals surface area (Å²) < 4.78 is 0. The van der Waals surface area contributed by atoms with Gasteiger partial charge in [-0.15, -0.1) is 11.6 Å². The van der Waals surface area contributed by atoms with Crippen LogP contribution in [0.1, 0.15) is 50.2 Å². The molecule has 0 aliphatic heterocycles. The van der Waals surface area contributed by atoms with Crippen LogP contribution in [0.5, 0.6) is 0 Å². The highest BCUT2D eigenvalue weighted by molar-refractivity contribution is 6.20. The van der Waals surface area contributed by atoms with Crippen molar-refractivity contribution in [3.8, 4) is 0 Å². The lowest BCUT2D eigenvalue weighted by Crippen LogP contribution is -2.10. The minimum absolute atomic E-state index is 0.407. The molecule has 0 bridgehead atoms. The molecule has 1 aliphatic carbocycles. The SMILES string of the molecule is CC(C)c1ccc(CC2CCCC2Cl)cc1. The monoisotopic (exact) mass is 236 g/mol. The fourth-order valence-corrected chi connectivity index (χ4v) is 2.93. The number of benzene rings is 1. The Balaban J connectivity index is 1.99. The molecule has 0 spiro atoms. The molecule has 0 N–H and O–H groups in total. The van der Waals surface area contributed by atoms with Crippen molar-refractivity contribution in [2.45, 2.75) is 50.8 Å². The lowest BCUT2D eigenvalue weighted by Gasteiger charge is -2.14. The predicted octanol–water partition coefficient (Wildman–Crippen LogP) is 4.76. The quantitative estimate of drug-likeness (QED) is 0.664. The van der Waals surface area contributed by atoms with Gasteiger partial charge in [0.15, 0.2) is 0 Å². The van der Waals surface area contributed by atoms with Crippen LogP contribution in [0.4, 0.5) is 0 Å². The molecule has 1 aliphatic rings. The van der Waals surface area contributed by atoms with Gasteiger partial charge in [-0.2, -0.15) is 0 Å². The molecule has 0 amide bonds. The van der Waals surface area contributed by atoms with Crippen LogP contribution in [0.25, 0.3) is 0 Å². The number of hydrogen-bond donors (Lipinski definition) is 0. The van der Waals surface area contributed by atoms with Crippen molar-refractivity contribution < 1.29 is 0 Å². The maximum Gasteiger partial charge on any atom is 0.0367 e. The summed E-state index contributed by atoms with van der Waals surface area (Å²) in [5, 5.41) is 0.407. The van der Waals surface area contributed by atoms with Crippen LogP contribution in [-0.4, -0.2) is 5.38 Å². The van der Waals surface area contributed by atoms with Gasteiger partial charge in [0.05, 0.1) is 0 Å². The molecular weight excluding hydrogens is 216 g/mol. The van der Waals surface area contributed by atoms with Crippen molar-refractivity contribution in [3.63, 3.8) is 0 Å². The maximum absolute atomic E-state index is 6.31. The molecule has 88 valence electrons. The average molecular weight is 237 g/mol. The highest BCUT2D eigenvalue weighted by Crippen LogP contribution is 2.32. The molecule has 1 heteroatoms. The Hall–Kier alpha value is -0.490. The summed E-state index contributed by atoms with van der Waals surface area (Å²) in [5.74, 6) is 1.33. The predicted molar refractivity (Wildman–Crippen MR) is 71.2 cm³/mol. The summed E-state index contributed by atoms with van der Waals surface area (Å²) in [5.41, 5.74) is 2.87. The van der Waals surface area contributed by atoms with Crippen LogP contribution >= 0.6 is 11.6 Å². The third-order valence-electron chi connectivity index (χ3n) is 3.71. The smallest absolute Gasteiger partial charge is 0.0367 e. The number of halogens is 1. The summed E-state index contributed by atoms with van der Waals surface area (Å²) in [4.78, 5) is 0. The van der Waals surface area contributed by atoms with Crippen LogP contribution in [0.15, 0.2) is 24.3 Å². The molecule has 0 saturated heterocycles. The van der Waals surface area contributed by atoms with Crippen molar-refractivity contribution in [2.75, 3.05) is 0 Å². The van der Waals surface area contributed by atoms with Crippen LogP contribution in [0.3, 0.4) is 0 Å². The third-order valence-corrected chi connectivity index (χ3v) is 4.29. The highest BCUT2D eigenvalue weighted by atomic mass is 35.5. The number of rotatable bonds is 3. The van der Waals surface area contributed by atoms with E-state index >= 15 is 0 Å². The normalized spacial score (nSPS) is 25.2. The van der Waals surface area contributed by atoms with Crippen LogP contribution in [-0.2, 0) is 6.42 Å². The van der Waals surface area contributed by atoms with E-state index in [2.05, 4.69) is 38.1 Å². The summed E-state index contributed by atoms with van der Waals surface area (Å²) >= 11 is 6.31. The first-order valence-electron chi connectivity index (χ1n) is 6.39. The summed E-state index contributed by atoms with van der Waals surface area (Å²) in [6.45, 7) is 4.47. The summed E-state index contributed by atoms with van der Waals surface area (Å²) in [6, 6.07) is 9.07. The number of alkyl halides is 1. The van der Waals surface area contributed by atoms with Crippen molar-refractivity contribution >= 4 is 11.6 Å². The zero-order valence-corrected chi connectivity index (χ0v) is 11.0. The molecule has 1 aromatic carbocycles. The largest absolute Gasteiger partial charge is 0.123 e. The molecule has 0 heterocycles. The molecule has 2 atom stereocenters. The second kappa shape index (κ2) is 5.23. The first-order chi connectivity index (χ1) is 7.66. The van der Waals surface area contributed by atoms with Gasteiger partial charge >= 0.3 is 0 Å². The van der Waals surface area contributed by atoms with Gasteiger partial charge < -0.3 is 0 Å². The van der Waals surface area contributed by atoms with Gasteiger partial charge in [-0.05, 0) is 42.2 Å². The fourth-order valence-electron chi connectivity index (χ4n) is 2.56.